The molecular weight excluding hydrogens is 428 g/mol. The molecule has 0 radical (unpaired) electrons. The van der Waals surface area contributed by atoms with E-state index < -0.39 is 0 Å². The van der Waals surface area contributed by atoms with Crippen molar-refractivity contribution in [1.29, 1.82) is 0 Å². The molecule has 0 spiro atoms. The molecule has 2 atom stereocenters. The summed E-state index contributed by atoms with van der Waals surface area (Å²) >= 11 is 0. The molecule has 1 aliphatic carbocycles. The summed E-state index contributed by atoms with van der Waals surface area (Å²) in [7, 11) is 0. The van der Waals surface area contributed by atoms with Crippen molar-refractivity contribution in [3.05, 3.63) is 107 Å². The summed E-state index contributed by atoms with van der Waals surface area (Å²) in [4.78, 5) is 5.28. The van der Waals surface area contributed by atoms with Crippen LogP contribution in [0.5, 0.6) is 0 Å². The van der Waals surface area contributed by atoms with Gasteiger partial charge in [-0.1, -0.05) is 98.8 Å². The number of piperazine rings is 1. The number of hydrogen-bond acceptors (Lipinski definition) is 3. The van der Waals surface area contributed by atoms with Crippen LogP contribution in [0.4, 0.5) is 0 Å². The standard InChI is InChI=1S/C32H40N2O/c1-26-30-16-10-9-11-27(30)17-18-32(26,2)25-34-21-19-33(20-22-34)23-24-35-31(28-12-5-3-6-13-28)29-14-7-4-8-15-29/h3-16,26,31H,17-25H2,1-2H3. The van der Waals surface area contributed by atoms with E-state index in [9.17, 15) is 0 Å². The van der Waals surface area contributed by atoms with Crippen LogP contribution in [0.15, 0.2) is 84.9 Å². The molecule has 3 aromatic carbocycles. The highest BCUT2D eigenvalue weighted by Crippen LogP contribution is 2.45. The Hall–Kier alpha value is -2.46. The van der Waals surface area contributed by atoms with E-state index in [4.69, 9.17) is 4.74 Å². The number of ether oxygens (including phenoxy) is 1. The van der Waals surface area contributed by atoms with Crippen molar-refractivity contribution < 1.29 is 4.74 Å². The number of fused-ring (bicyclic) bond motifs is 1. The molecule has 2 aliphatic rings. The lowest BCUT2D eigenvalue weighted by atomic mass is 9.65. The summed E-state index contributed by atoms with van der Waals surface area (Å²) in [5.41, 5.74) is 5.94. The summed E-state index contributed by atoms with van der Waals surface area (Å²) < 4.78 is 6.47. The number of aryl methyl sites for hydroxylation is 1. The van der Waals surface area contributed by atoms with Gasteiger partial charge in [-0.3, -0.25) is 4.90 Å². The van der Waals surface area contributed by atoms with Gasteiger partial charge >= 0.3 is 0 Å². The molecule has 5 rings (SSSR count). The van der Waals surface area contributed by atoms with E-state index in [1.165, 1.54) is 30.5 Å². The Kier molecular flexibility index (Phi) is 7.67. The zero-order chi connectivity index (χ0) is 24.1. The van der Waals surface area contributed by atoms with Gasteiger partial charge in [0.2, 0.25) is 0 Å². The molecule has 3 aromatic rings. The zero-order valence-electron chi connectivity index (χ0n) is 21.4. The van der Waals surface area contributed by atoms with Gasteiger partial charge in [-0.2, -0.15) is 0 Å². The Morgan fingerprint density at radius 2 is 1.37 bits per heavy atom. The van der Waals surface area contributed by atoms with Crippen LogP contribution in [-0.2, 0) is 11.2 Å². The molecule has 0 bridgehead atoms. The molecule has 1 fully saturated rings. The van der Waals surface area contributed by atoms with Crippen LogP contribution < -0.4 is 0 Å². The van der Waals surface area contributed by atoms with Crippen molar-refractivity contribution >= 4 is 0 Å². The third kappa shape index (κ3) is 5.69. The van der Waals surface area contributed by atoms with Gasteiger partial charge in [0.05, 0.1) is 6.61 Å². The van der Waals surface area contributed by atoms with E-state index in [-0.39, 0.29) is 6.10 Å². The van der Waals surface area contributed by atoms with Crippen molar-refractivity contribution in [1.82, 2.24) is 9.80 Å². The number of nitrogens with zero attached hydrogens (tertiary/aromatic N) is 2. The Morgan fingerprint density at radius 3 is 2.03 bits per heavy atom. The van der Waals surface area contributed by atoms with E-state index in [0.717, 1.165) is 39.3 Å². The van der Waals surface area contributed by atoms with Crippen LogP contribution >= 0.6 is 0 Å². The van der Waals surface area contributed by atoms with Gasteiger partial charge in [0.25, 0.3) is 0 Å². The van der Waals surface area contributed by atoms with Crippen molar-refractivity contribution in [2.75, 3.05) is 45.9 Å². The summed E-state index contributed by atoms with van der Waals surface area (Å²) in [6.45, 7) is 12.5. The van der Waals surface area contributed by atoms with Crippen LogP contribution in [0.3, 0.4) is 0 Å². The molecule has 0 amide bonds. The van der Waals surface area contributed by atoms with Gasteiger partial charge in [-0.15, -0.1) is 0 Å². The van der Waals surface area contributed by atoms with Crippen LogP contribution in [0.25, 0.3) is 0 Å². The summed E-state index contributed by atoms with van der Waals surface area (Å²) in [6.07, 6.45) is 2.51. The van der Waals surface area contributed by atoms with Gasteiger partial charge in [-0.25, -0.2) is 0 Å². The Bertz CT molecular complexity index is 1020. The summed E-state index contributed by atoms with van der Waals surface area (Å²) in [6, 6.07) is 30.3. The summed E-state index contributed by atoms with van der Waals surface area (Å²) in [5, 5.41) is 0. The molecule has 1 saturated heterocycles. The van der Waals surface area contributed by atoms with E-state index in [1.54, 1.807) is 11.1 Å². The molecule has 1 aliphatic heterocycles. The second kappa shape index (κ2) is 11.1. The fraction of sp³-hybridized carbons (Fsp3) is 0.438. The highest BCUT2D eigenvalue weighted by molar-refractivity contribution is 5.34. The van der Waals surface area contributed by atoms with Gasteiger partial charge in [0.1, 0.15) is 6.10 Å². The maximum Gasteiger partial charge on any atom is 0.108 e. The van der Waals surface area contributed by atoms with Crippen LogP contribution in [0.2, 0.25) is 0 Å². The Labute approximate surface area is 211 Å². The Morgan fingerprint density at radius 1 is 0.800 bits per heavy atom. The summed E-state index contributed by atoms with van der Waals surface area (Å²) in [5.74, 6) is 0.617. The van der Waals surface area contributed by atoms with Gasteiger partial charge in [-0.05, 0) is 46.4 Å². The van der Waals surface area contributed by atoms with E-state index in [2.05, 4.69) is 109 Å². The predicted molar refractivity (Wildman–Crippen MR) is 145 cm³/mol. The van der Waals surface area contributed by atoms with Crippen molar-refractivity contribution in [3.8, 4) is 0 Å². The van der Waals surface area contributed by atoms with Crippen LogP contribution in [0, 0.1) is 5.41 Å². The first kappa shape index (κ1) is 24.2. The lowest BCUT2D eigenvalue weighted by Crippen LogP contribution is -2.51. The SMILES string of the molecule is CC1c2ccccc2CCC1(C)CN1CCN(CCOC(c2ccccc2)c2ccccc2)CC1. The maximum absolute atomic E-state index is 6.47. The topological polar surface area (TPSA) is 15.7 Å². The molecule has 2 unspecified atom stereocenters. The molecule has 35 heavy (non-hydrogen) atoms. The molecule has 3 heteroatoms. The highest BCUT2D eigenvalue weighted by atomic mass is 16.5. The molecular formula is C32H40N2O. The molecule has 0 saturated carbocycles. The number of benzene rings is 3. The van der Waals surface area contributed by atoms with E-state index in [0.29, 0.717) is 11.3 Å². The van der Waals surface area contributed by atoms with Crippen molar-refractivity contribution in [3.63, 3.8) is 0 Å². The quantitative estimate of drug-likeness (QED) is 0.393. The monoisotopic (exact) mass is 468 g/mol. The predicted octanol–water partition coefficient (Wildman–Crippen LogP) is 6.17. The van der Waals surface area contributed by atoms with Gasteiger partial charge in [0, 0.05) is 39.3 Å². The largest absolute Gasteiger partial charge is 0.367 e. The Balaban J connectivity index is 1.12. The first-order chi connectivity index (χ1) is 17.1. The normalized spacial score (nSPS) is 23.3. The third-order valence-corrected chi connectivity index (χ3v) is 8.48. The van der Waals surface area contributed by atoms with Gasteiger partial charge in [0.15, 0.2) is 0 Å². The van der Waals surface area contributed by atoms with Crippen molar-refractivity contribution in [2.24, 2.45) is 5.41 Å². The van der Waals surface area contributed by atoms with Gasteiger partial charge < -0.3 is 9.64 Å². The molecule has 1 heterocycles. The van der Waals surface area contributed by atoms with E-state index in [1.807, 2.05) is 0 Å². The molecule has 0 N–H and O–H groups in total. The number of hydrogen-bond donors (Lipinski definition) is 0. The molecule has 3 nitrogen and oxygen atoms in total. The lowest BCUT2D eigenvalue weighted by Gasteiger charge is -2.46. The fourth-order valence-corrected chi connectivity index (χ4v) is 6.03. The van der Waals surface area contributed by atoms with Crippen LogP contribution in [0.1, 0.15) is 54.5 Å². The minimum absolute atomic E-state index is 0.00527. The minimum Gasteiger partial charge on any atom is -0.367 e. The highest BCUT2D eigenvalue weighted by Gasteiger charge is 2.38. The lowest BCUT2D eigenvalue weighted by molar-refractivity contribution is 0.0339. The average Bonchev–Trinajstić information content (AvgIpc) is 2.91. The fourth-order valence-electron chi connectivity index (χ4n) is 6.03. The van der Waals surface area contributed by atoms with Crippen molar-refractivity contribution in [2.45, 2.75) is 38.7 Å². The average molecular weight is 469 g/mol. The first-order valence-electron chi connectivity index (χ1n) is 13.4. The third-order valence-electron chi connectivity index (χ3n) is 8.48. The van der Waals surface area contributed by atoms with E-state index >= 15 is 0 Å². The second-order valence-corrected chi connectivity index (χ2v) is 10.8. The molecule has 184 valence electrons. The number of rotatable bonds is 8. The smallest absolute Gasteiger partial charge is 0.108 e. The van der Waals surface area contributed by atoms with Crippen LogP contribution in [-0.4, -0.2) is 55.7 Å². The zero-order valence-corrected chi connectivity index (χ0v) is 21.4. The second-order valence-electron chi connectivity index (χ2n) is 10.8. The molecule has 0 aromatic heterocycles. The minimum atomic E-state index is -0.00527. The first-order valence-corrected chi connectivity index (χ1v) is 13.4. The maximum atomic E-state index is 6.47.